The maximum absolute atomic E-state index is 12.7. The second-order valence-electron chi connectivity index (χ2n) is 6.53. The lowest BCUT2D eigenvalue weighted by Gasteiger charge is -2.36. The lowest BCUT2D eigenvalue weighted by Crippen LogP contribution is -2.46. The summed E-state index contributed by atoms with van der Waals surface area (Å²) < 4.78 is 38.2. The minimum absolute atomic E-state index is 0.145. The third kappa shape index (κ3) is 4.61. The van der Waals surface area contributed by atoms with Crippen LogP contribution in [-0.4, -0.2) is 41.1 Å². The topological polar surface area (TPSA) is 57.6 Å². The SMILES string of the molecule is O=C(O)C1CCCC(C(=O)N(CC2CCC2)CC(F)(F)F)C1. The molecular formula is C15H22F3NO3. The van der Waals surface area contributed by atoms with Gasteiger partial charge in [0.25, 0.3) is 0 Å². The van der Waals surface area contributed by atoms with Crippen molar-refractivity contribution in [3.8, 4) is 0 Å². The Bertz CT molecular complexity index is 421. The van der Waals surface area contributed by atoms with Crippen LogP contribution in [0.15, 0.2) is 0 Å². The van der Waals surface area contributed by atoms with Crippen LogP contribution >= 0.6 is 0 Å². The van der Waals surface area contributed by atoms with E-state index in [1.807, 2.05) is 0 Å². The first-order chi connectivity index (χ1) is 10.3. The average molecular weight is 321 g/mol. The van der Waals surface area contributed by atoms with Gasteiger partial charge in [-0.15, -0.1) is 0 Å². The maximum Gasteiger partial charge on any atom is 0.406 e. The Balaban J connectivity index is 2.01. The molecule has 1 amide bonds. The van der Waals surface area contributed by atoms with E-state index in [1.54, 1.807) is 0 Å². The van der Waals surface area contributed by atoms with Crippen LogP contribution in [-0.2, 0) is 9.59 Å². The number of halogens is 3. The van der Waals surface area contributed by atoms with Crippen LogP contribution in [0.1, 0.15) is 44.9 Å². The van der Waals surface area contributed by atoms with Gasteiger partial charge in [0.1, 0.15) is 6.54 Å². The third-order valence-electron chi connectivity index (χ3n) is 4.76. The molecule has 2 aliphatic carbocycles. The fourth-order valence-corrected chi connectivity index (χ4v) is 3.33. The van der Waals surface area contributed by atoms with Crippen LogP contribution in [0.25, 0.3) is 0 Å². The maximum atomic E-state index is 12.7. The Morgan fingerprint density at radius 2 is 1.64 bits per heavy atom. The largest absolute Gasteiger partial charge is 0.481 e. The summed E-state index contributed by atoms with van der Waals surface area (Å²) in [7, 11) is 0. The highest BCUT2D eigenvalue weighted by atomic mass is 19.4. The van der Waals surface area contributed by atoms with E-state index in [0.29, 0.717) is 19.3 Å². The zero-order valence-corrected chi connectivity index (χ0v) is 12.4. The summed E-state index contributed by atoms with van der Waals surface area (Å²) in [5.74, 6) is -2.52. The molecule has 0 aromatic carbocycles. The molecule has 2 atom stereocenters. The fourth-order valence-electron chi connectivity index (χ4n) is 3.33. The molecule has 2 rings (SSSR count). The molecule has 0 heterocycles. The number of alkyl halides is 3. The first-order valence-electron chi connectivity index (χ1n) is 7.84. The van der Waals surface area contributed by atoms with E-state index in [9.17, 15) is 22.8 Å². The fraction of sp³-hybridized carbons (Fsp3) is 0.867. The zero-order valence-electron chi connectivity index (χ0n) is 12.4. The van der Waals surface area contributed by atoms with Gasteiger partial charge in [0.2, 0.25) is 5.91 Å². The second-order valence-corrected chi connectivity index (χ2v) is 6.53. The van der Waals surface area contributed by atoms with E-state index in [4.69, 9.17) is 5.11 Å². The minimum atomic E-state index is -4.42. The van der Waals surface area contributed by atoms with E-state index >= 15 is 0 Å². The van der Waals surface area contributed by atoms with Crippen LogP contribution in [0, 0.1) is 17.8 Å². The summed E-state index contributed by atoms with van der Waals surface area (Å²) in [6.07, 6.45) is 0.0457. The Labute approximate surface area is 127 Å². The van der Waals surface area contributed by atoms with Gasteiger partial charge in [-0.1, -0.05) is 12.8 Å². The number of rotatable bonds is 5. The highest BCUT2D eigenvalue weighted by Crippen LogP contribution is 2.33. The summed E-state index contributed by atoms with van der Waals surface area (Å²) in [4.78, 5) is 24.4. The molecule has 0 aromatic heterocycles. The standard InChI is InChI=1S/C15H22F3NO3/c16-15(17,18)9-19(8-10-3-1-4-10)13(20)11-5-2-6-12(7-11)14(21)22/h10-12H,1-9H2,(H,21,22). The molecule has 0 bridgehead atoms. The lowest BCUT2D eigenvalue weighted by molar-refractivity contribution is -0.167. The number of carbonyl (C=O) groups is 2. The molecular weight excluding hydrogens is 299 g/mol. The van der Waals surface area contributed by atoms with Crippen molar-refractivity contribution in [1.82, 2.24) is 4.90 Å². The van der Waals surface area contributed by atoms with Crippen LogP contribution in [0.2, 0.25) is 0 Å². The third-order valence-corrected chi connectivity index (χ3v) is 4.76. The van der Waals surface area contributed by atoms with E-state index < -0.39 is 36.4 Å². The monoisotopic (exact) mass is 321 g/mol. The highest BCUT2D eigenvalue weighted by Gasteiger charge is 2.39. The normalized spacial score (nSPS) is 26.3. The highest BCUT2D eigenvalue weighted by molar-refractivity contribution is 5.80. The molecule has 2 fully saturated rings. The van der Waals surface area contributed by atoms with Crippen LogP contribution < -0.4 is 0 Å². The van der Waals surface area contributed by atoms with Gasteiger partial charge in [0, 0.05) is 12.5 Å². The molecule has 2 saturated carbocycles. The van der Waals surface area contributed by atoms with E-state index in [0.717, 1.165) is 24.2 Å². The molecule has 2 aliphatic rings. The number of carboxylic acids is 1. The van der Waals surface area contributed by atoms with Gasteiger partial charge in [0.05, 0.1) is 5.92 Å². The van der Waals surface area contributed by atoms with Crippen molar-refractivity contribution in [3.05, 3.63) is 0 Å². The van der Waals surface area contributed by atoms with Crippen molar-refractivity contribution in [3.63, 3.8) is 0 Å². The number of carboxylic acid groups (broad SMARTS) is 1. The molecule has 1 N–H and O–H groups in total. The molecule has 22 heavy (non-hydrogen) atoms. The van der Waals surface area contributed by atoms with E-state index in [1.165, 1.54) is 0 Å². The summed E-state index contributed by atoms with van der Waals surface area (Å²) in [6, 6.07) is 0. The molecule has 0 spiro atoms. The van der Waals surface area contributed by atoms with Gasteiger partial charge < -0.3 is 10.0 Å². The van der Waals surface area contributed by atoms with Gasteiger partial charge in [0.15, 0.2) is 0 Å². The minimum Gasteiger partial charge on any atom is -0.481 e. The van der Waals surface area contributed by atoms with Crippen molar-refractivity contribution in [2.45, 2.75) is 51.1 Å². The van der Waals surface area contributed by atoms with Crippen molar-refractivity contribution in [1.29, 1.82) is 0 Å². The van der Waals surface area contributed by atoms with Crippen LogP contribution in [0.5, 0.6) is 0 Å². The van der Waals surface area contributed by atoms with Crippen molar-refractivity contribution < 1.29 is 27.9 Å². The van der Waals surface area contributed by atoms with Crippen LogP contribution in [0.4, 0.5) is 13.2 Å². The van der Waals surface area contributed by atoms with Gasteiger partial charge in [-0.25, -0.2) is 0 Å². The summed E-state index contributed by atoms with van der Waals surface area (Å²) in [6.45, 7) is -1.08. The second kappa shape index (κ2) is 6.87. The molecule has 126 valence electrons. The van der Waals surface area contributed by atoms with E-state index in [2.05, 4.69) is 0 Å². The Hall–Kier alpha value is -1.27. The Morgan fingerprint density at radius 3 is 2.14 bits per heavy atom. The van der Waals surface area contributed by atoms with Gasteiger partial charge >= 0.3 is 12.1 Å². The van der Waals surface area contributed by atoms with Gasteiger partial charge in [-0.3, -0.25) is 9.59 Å². The molecule has 0 aromatic rings. The Kier molecular flexibility index (Phi) is 5.34. The average Bonchev–Trinajstić information content (AvgIpc) is 2.39. The van der Waals surface area contributed by atoms with Crippen molar-refractivity contribution >= 4 is 11.9 Å². The number of amides is 1. The predicted octanol–water partition coefficient (Wildman–Crippen LogP) is 3.07. The predicted molar refractivity (Wildman–Crippen MR) is 73.1 cm³/mol. The number of carbonyl (C=O) groups excluding carboxylic acids is 1. The summed E-state index contributed by atoms with van der Waals surface area (Å²) in [5, 5.41) is 9.05. The van der Waals surface area contributed by atoms with Gasteiger partial charge in [-0.05, 0) is 38.0 Å². The number of hydrogen-bond acceptors (Lipinski definition) is 2. The van der Waals surface area contributed by atoms with Crippen LogP contribution in [0.3, 0.4) is 0 Å². The first kappa shape index (κ1) is 17.1. The Morgan fingerprint density at radius 1 is 1.05 bits per heavy atom. The molecule has 0 saturated heterocycles. The van der Waals surface area contributed by atoms with Crippen molar-refractivity contribution in [2.75, 3.05) is 13.1 Å². The number of nitrogens with zero attached hydrogens (tertiary/aromatic N) is 1. The first-order valence-corrected chi connectivity index (χ1v) is 7.84. The molecule has 7 heteroatoms. The molecule has 2 unspecified atom stereocenters. The number of hydrogen-bond donors (Lipinski definition) is 1. The number of aliphatic carboxylic acids is 1. The van der Waals surface area contributed by atoms with Gasteiger partial charge in [-0.2, -0.15) is 13.2 Å². The smallest absolute Gasteiger partial charge is 0.406 e. The molecule has 4 nitrogen and oxygen atoms in total. The summed E-state index contributed by atoms with van der Waals surface area (Å²) in [5.41, 5.74) is 0. The quantitative estimate of drug-likeness (QED) is 0.846. The van der Waals surface area contributed by atoms with Crippen molar-refractivity contribution in [2.24, 2.45) is 17.8 Å². The van der Waals surface area contributed by atoms with E-state index in [-0.39, 0.29) is 18.9 Å². The zero-order chi connectivity index (χ0) is 16.3. The molecule has 0 aliphatic heterocycles. The molecule has 0 radical (unpaired) electrons. The lowest BCUT2D eigenvalue weighted by atomic mass is 9.80. The summed E-state index contributed by atoms with van der Waals surface area (Å²) >= 11 is 0.